The highest BCUT2D eigenvalue weighted by molar-refractivity contribution is 7.19. The van der Waals surface area contributed by atoms with Crippen LogP contribution in [0.3, 0.4) is 0 Å². The largest absolute Gasteiger partial charge is 0.489 e. The maximum Gasteiger partial charge on any atom is 0.235 e. The van der Waals surface area contributed by atoms with Gasteiger partial charge in [-0.25, -0.2) is 0 Å². The molecule has 2 heterocycles. The second kappa shape index (κ2) is 7.41. The maximum absolute atomic E-state index is 6.15. The first-order chi connectivity index (χ1) is 12.7. The Bertz CT molecular complexity index is 1030. The Morgan fingerprint density at radius 1 is 1.04 bits per heavy atom. The van der Waals surface area contributed by atoms with E-state index in [0.717, 1.165) is 26.8 Å². The predicted molar refractivity (Wildman–Crippen MR) is 101 cm³/mol. The van der Waals surface area contributed by atoms with Crippen LogP contribution in [0, 0.1) is 0 Å². The van der Waals surface area contributed by atoms with Crippen LogP contribution >= 0.6 is 22.9 Å². The van der Waals surface area contributed by atoms with Gasteiger partial charge in [0.25, 0.3) is 0 Å². The quantitative estimate of drug-likeness (QED) is 0.496. The van der Waals surface area contributed by atoms with E-state index in [1.54, 1.807) is 11.6 Å². The third-order valence-electron chi connectivity index (χ3n) is 3.78. The van der Waals surface area contributed by atoms with E-state index < -0.39 is 0 Å². The van der Waals surface area contributed by atoms with E-state index in [9.17, 15) is 0 Å². The molecule has 0 aliphatic carbocycles. The molecule has 6 nitrogen and oxygen atoms in total. The van der Waals surface area contributed by atoms with Gasteiger partial charge in [0.15, 0.2) is 5.82 Å². The second-order valence-electron chi connectivity index (χ2n) is 5.56. The van der Waals surface area contributed by atoms with E-state index in [-0.39, 0.29) is 0 Å². The van der Waals surface area contributed by atoms with Crippen LogP contribution in [-0.2, 0) is 18.0 Å². The average molecular weight is 387 g/mol. The van der Waals surface area contributed by atoms with Gasteiger partial charge in [0.1, 0.15) is 24.0 Å². The van der Waals surface area contributed by atoms with Gasteiger partial charge in [-0.15, -0.1) is 10.2 Å². The molecule has 0 bridgehead atoms. The summed E-state index contributed by atoms with van der Waals surface area (Å²) in [5, 5.41) is 14.3. The van der Waals surface area contributed by atoms with E-state index in [4.69, 9.17) is 21.1 Å². The highest BCUT2D eigenvalue weighted by atomic mass is 35.5. The van der Waals surface area contributed by atoms with Gasteiger partial charge in [0.05, 0.1) is 0 Å². The molecule has 0 saturated heterocycles. The van der Waals surface area contributed by atoms with Crippen molar-refractivity contribution in [2.75, 3.05) is 7.11 Å². The second-order valence-corrected chi connectivity index (χ2v) is 6.92. The number of nitrogens with zero attached hydrogens (tertiary/aromatic N) is 4. The normalized spacial score (nSPS) is 11.2. The third kappa shape index (κ3) is 3.41. The highest BCUT2D eigenvalue weighted by Gasteiger charge is 2.12. The van der Waals surface area contributed by atoms with Gasteiger partial charge >= 0.3 is 0 Å². The van der Waals surface area contributed by atoms with Crippen LogP contribution in [-0.4, -0.2) is 26.9 Å². The van der Waals surface area contributed by atoms with Crippen LogP contribution in [0.5, 0.6) is 5.75 Å². The van der Waals surface area contributed by atoms with Crippen molar-refractivity contribution in [1.82, 2.24) is 19.8 Å². The molecule has 0 aliphatic heterocycles. The number of halogens is 1. The van der Waals surface area contributed by atoms with Crippen LogP contribution in [0.25, 0.3) is 15.5 Å². The Kier molecular flexibility index (Phi) is 4.83. The molecule has 0 fully saturated rings. The minimum atomic E-state index is 0.374. The number of hydrogen-bond donors (Lipinski definition) is 0. The van der Waals surface area contributed by atoms with E-state index in [0.29, 0.717) is 24.1 Å². The molecule has 2 aromatic heterocycles. The van der Waals surface area contributed by atoms with Crippen LogP contribution in [0.15, 0.2) is 48.5 Å². The zero-order chi connectivity index (χ0) is 17.9. The Morgan fingerprint density at radius 2 is 1.85 bits per heavy atom. The SMILES string of the molecule is COCc1nnc2sc(-c3ccc(OCc4ccccc4Cl)cc3)nn12. The molecule has 0 saturated carbocycles. The average Bonchev–Trinajstić information content (AvgIpc) is 3.24. The van der Waals surface area contributed by atoms with Gasteiger partial charge in [0.2, 0.25) is 4.96 Å². The topological polar surface area (TPSA) is 61.5 Å². The highest BCUT2D eigenvalue weighted by Crippen LogP contribution is 2.27. The molecule has 0 unspecified atom stereocenters. The number of ether oxygens (including phenoxy) is 2. The van der Waals surface area contributed by atoms with E-state index in [2.05, 4.69) is 15.3 Å². The first kappa shape index (κ1) is 17.0. The number of rotatable bonds is 6. The molecule has 2 aromatic carbocycles. The lowest BCUT2D eigenvalue weighted by Crippen LogP contribution is -1.97. The number of aromatic nitrogens is 4. The summed E-state index contributed by atoms with van der Waals surface area (Å²) < 4.78 is 12.6. The van der Waals surface area contributed by atoms with Crippen LogP contribution in [0.1, 0.15) is 11.4 Å². The zero-order valence-corrected chi connectivity index (χ0v) is 15.5. The summed E-state index contributed by atoms with van der Waals surface area (Å²) in [6.07, 6.45) is 0. The van der Waals surface area contributed by atoms with Gasteiger partial charge in [-0.2, -0.15) is 9.61 Å². The fraction of sp³-hybridized carbons (Fsp3) is 0.167. The Hall–Kier alpha value is -2.48. The lowest BCUT2D eigenvalue weighted by Gasteiger charge is -2.08. The van der Waals surface area contributed by atoms with Crippen molar-refractivity contribution in [2.45, 2.75) is 13.2 Å². The van der Waals surface area contributed by atoms with E-state index in [1.807, 2.05) is 48.5 Å². The number of benzene rings is 2. The van der Waals surface area contributed by atoms with Crippen molar-refractivity contribution in [3.63, 3.8) is 0 Å². The Balaban J connectivity index is 1.50. The van der Waals surface area contributed by atoms with Crippen molar-refractivity contribution >= 4 is 27.9 Å². The minimum Gasteiger partial charge on any atom is -0.489 e. The predicted octanol–water partition coefficient (Wildman–Crippen LogP) is 4.23. The fourth-order valence-electron chi connectivity index (χ4n) is 2.46. The summed E-state index contributed by atoms with van der Waals surface area (Å²) >= 11 is 7.63. The number of fused-ring (bicyclic) bond motifs is 1. The van der Waals surface area contributed by atoms with E-state index in [1.165, 1.54) is 11.3 Å². The molecule has 0 aliphatic rings. The molecule has 0 spiro atoms. The summed E-state index contributed by atoms with van der Waals surface area (Å²) in [6, 6.07) is 15.4. The first-order valence-electron chi connectivity index (χ1n) is 7.91. The Morgan fingerprint density at radius 3 is 2.62 bits per heavy atom. The standard InChI is InChI=1S/C18H15ClN4O2S/c1-24-11-16-20-21-18-23(16)22-17(26-18)12-6-8-14(9-7-12)25-10-13-4-2-3-5-15(13)19/h2-9H,10-11H2,1H3. The minimum absolute atomic E-state index is 0.374. The monoisotopic (exact) mass is 386 g/mol. The number of hydrogen-bond acceptors (Lipinski definition) is 6. The summed E-state index contributed by atoms with van der Waals surface area (Å²) in [4.78, 5) is 0.742. The molecule has 0 atom stereocenters. The number of methoxy groups -OCH3 is 1. The van der Waals surface area contributed by atoms with Crippen LogP contribution < -0.4 is 4.74 Å². The molecule has 132 valence electrons. The van der Waals surface area contributed by atoms with Gasteiger partial charge in [-0.05, 0) is 30.3 Å². The van der Waals surface area contributed by atoms with Gasteiger partial charge in [0, 0.05) is 23.3 Å². The van der Waals surface area contributed by atoms with Gasteiger partial charge < -0.3 is 9.47 Å². The lowest BCUT2D eigenvalue weighted by molar-refractivity contribution is 0.176. The summed E-state index contributed by atoms with van der Waals surface area (Å²) in [6.45, 7) is 0.801. The summed E-state index contributed by atoms with van der Waals surface area (Å²) in [7, 11) is 1.62. The maximum atomic E-state index is 6.15. The van der Waals surface area contributed by atoms with Crippen molar-refractivity contribution < 1.29 is 9.47 Å². The lowest BCUT2D eigenvalue weighted by atomic mass is 10.2. The van der Waals surface area contributed by atoms with Gasteiger partial charge in [-0.3, -0.25) is 0 Å². The summed E-state index contributed by atoms with van der Waals surface area (Å²) in [5.41, 5.74) is 1.95. The molecular formula is C18H15ClN4O2S. The summed E-state index contributed by atoms with van der Waals surface area (Å²) in [5.74, 6) is 1.46. The van der Waals surface area contributed by atoms with E-state index >= 15 is 0 Å². The van der Waals surface area contributed by atoms with Crippen LogP contribution in [0.2, 0.25) is 5.02 Å². The molecule has 4 rings (SSSR count). The van der Waals surface area contributed by atoms with Gasteiger partial charge in [-0.1, -0.05) is 41.1 Å². The molecule has 4 aromatic rings. The van der Waals surface area contributed by atoms with Crippen molar-refractivity contribution in [3.05, 3.63) is 64.9 Å². The van der Waals surface area contributed by atoms with Crippen LogP contribution in [0.4, 0.5) is 0 Å². The molecular weight excluding hydrogens is 372 g/mol. The zero-order valence-electron chi connectivity index (χ0n) is 13.9. The Labute approximate surface area is 159 Å². The fourth-order valence-corrected chi connectivity index (χ4v) is 3.52. The molecule has 26 heavy (non-hydrogen) atoms. The van der Waals surface area contributed by atoms with Crippen molar-refractivity contribution in [3.8, 4) is 16.3 Å². The molecule has 0 radical (unpaired) electrons. The molecule has 0 amide bonds. The van der Waals surface area contributed by atoms with Crippen molar-refractivity contribution in [1.29, 1.82) is 0 Å². The molecule has 0 N–H and O–H groups in total. The molecule has 8 heteroatoms. The first-order valence-corrected chi connectivity index (χ1v) is 9.11. The van der Waals surface area contributed by atoms with Crippen molar-refractivity contribution in [2.24, 2.45) is 0 Å². The third-order valence-corrected chi connectivity index (χ3v) is 5.10. The smallest absolute Gasteiger partial charge is 0.235 e.